The van der Waals surface area contributed by atoms with E-state index in [1.165, 1.54) is 30.3 Å². The maximum absolute atomic E-state index is 13.0. The van der Waals surface area contributed by atoms with E-state index in [0.717, 1.165) is 16.7 Å². The molecule has 0 aliphatic carbocycles. The molecule has 0 atom stereocenters. The van der Waals surface area contributed by atoms with Crippen molar-refractivity contribution in [2.45, 2.75) is 13.8 Å². The molecule has 0 saturated carbocycles. The van der Waals surface area contributed by atoms with Crippen molar-refractivity contribution >= 4 is 34.9 Å². The van der Waals surface area contributed by atoms with E-state index >= 15 is 0 Å². The fourth-order valence-electron chi connectivity index (χ4n) is 2.58. The average molecular weight is 389 g/mol. The van der Waals surface area contributed by atoms with Gasteiger partial charge in [-0.25, -0.2) is 4.39 Å². The summed E-state index contributed by atoms with van der Waals surface area (Å²) in [6.45, 7) is 3.43. The van der Waals surface area contributed by atoms with Gasteiger partial charge in [0.25, 0.3) is 17.1 Å². The molecule has 1 fully saturated rings. The van der Waals surface area contributed by atoms with E-state index in [-0.39, 0.29) is 29.7 Å². The van der Waals surface area contributed by atoms with Gasteiger partial charge in [-0.3, -0.25) is 19.3 Å². The van der Waals surface area contributed by atoms with E-state index in [9.17, 15) is 18.8 Å². The summed E-state index contributed by atoms with van der Waals surface area (Å²) in [6, 6.07) is 5.60. The van der Waals surface area contributed by atoms with Crippen LogP contribution in [0, 0.1) is 19.7 Å². The van der Waals surface area contributed by atoms with Crippen LogP contribution in [0.4, 0.5) is 9.18 Å². The van der Waals surface area contributed by atoms with Crippen LogP contribution in [0.5, 0.6) is 0 Å². The molecule has 0 unspecified atom stereocenters. The molecule has 1 aromatic heterocycles. The van der Waals surface area contributed by atoms with Gasteiger partial charge in [0.2, 0.25) is 0 Å². The second kappa shape index (κ2) is 7.75. The molecule has 0 spiro atoms. The summed E-state index contributed by atoms with van der Waals surface area (Å²) in [5.74, 6) is -0.798. The van der Waals surface area contributed by atoms with Gasteiger partial charge in [-0.15, -0.1) is 0 Å². The minimum atomic E-state index is -0.444. The highest BCUT2D eigenvalue weighted by atomic mass is 32.2. The van der Waals surface area contributed by atoms with Crippen molar-refractivity contribution in [3.8, 4) is 0 Å². The molecule has 7 nitrogen and oxygen atoms in total. The Morgan fingerprint density at radius 2 is 2.00 bits per heavy atom. The van der Waals surface area contributed by atoms with Crippen molar-refractivity contribution in [2.75, 3.05) is 13.1 Å². The molecule has 140 valence electrons. The number of carbonyl (C=O) groups is 3. The molecule has 3 amide bonds. The third kappa shape index (κ3) is 4.08. The van der Waals surface area contributed by atoms with Crippen molar-refractivity contribution < 1.29 is 23.3 Å². The van der Waals surface area contributed by atoms with Crippen molar-refractivity contribution in [1.29, 1.82) is 0 Å². The van der Waals surface area contributed by atoms with Gasteiger partial charge in [0.15, 0.2) is 0 Å². The van der Waals surface area contributed by atoms with E-state index < -0.39 is 11.1 Å². The van der Waals surface area contributed by atoms with Crippen LogP contribution in [0.2, 0.25) is 0 Å². The predicted octanol–water partition coefficient (Wildman–Crippen LogP) is 2.90. The lowest BCUT2D eigenvalue weighted by Gasteiger charge is -2.12. The number of hydrogen-bond acceptors (Lipinski definition) is 6. The highest BCUT2D eigenvalue weighted by Gasteiger charge is 2.34. The summed E-state index contributed by atoms with van der Waals surface area (Å²) in [4.78, 5) is 38.0. The summed E-state index contributed by atoms with van der Waals surface area (Å²) in [6.07, 6.45) is 1.53. The first-order valence-corrected chi connectivity index (χ1v) is 8.90. The Balaban J connectivity index is 1.61. The maximum atomic E-state index is 13.0. The van der Waals surface area contributed by atoms with Crippen molar-refractivity contribution in [2.24, 2.45) is 0 Å². The minimum Gasteiger partial charge on any atom is -0.361 e. The number of halogens is 1. The van der Waals surface area contributed by atoms with Crippen molar-refractivity contribution in [3.05, 3.63) is 57.6 Å². The van der Waals surface area contributed by atoms with Crippen LogP contribution in [0.1, 0.15) is 27.4 Å². The molecule has 9 heteroatoms. The summed E-state index contributed by atoms with van der Waals surface area (Å²) in [5.41, 5.74) is 1.44. The normalized spacial score (nSPS) is 15.7. The van der Waals surface area contributed by atoms with Crippen LogP contribution in [0.15, 0.2) is 33.7 Å². The Kier molecular flexibility index (Phi) is 5.41. The Labute approximate surface area is 158 Å². The molecule has 1 aromatic carbocycles. The van der Waals surface area contributed by atoms with E-state index in [2.05, 4.69) is 10.5 Å². The highest BCUT2D eigenvalue weighted by Crippen LogP contribution is 2.31. The molecule has 2 aromatic rings. The molecular weight excluding hydrogens is 373 g/mol. The first-order chi connectivity index (χ1) is 12.9. The van der Waals surface area contributed by atoms with E-state index in [0.29, 0.717) is 22.6 Å². The quantitative estimate of drug-likeness (QED) is 0.791. The second-order valence-electron chi connectivity index (χ2n) is 5.84. The molecule has 0 bridgehead atoms. The smallest absolute Gasteiger partial charge is 0.293 e. The second-order valence-corrected chi connectivity index (χ2v) is 6.83. The molecule has 1 N–H and O–H groups in total. The molecule has 0 radical (unpaired) electrons. The lowest BCUT2D eigenvalue weighted by molar-refractivity contribution is -0.122. The fourth-order valence-corrected chi connectivity index (χ4v) is 3.44. The number of thioether (sulfide) groups is 1. The number of nitrogens with zero attached hydrogens (tertiary/aromatic N) is 2. The Morgan fingerprint density at radius 3 is 2.63 bits per heavy atom. The number of imide groups is 1. The topological polar surface area (TPSA) is 92.5 Å². The number of rotatable bonds is 5. The van der Waals surface area contributed by atoms with Gasteiger partial charge in [-0.1, -0.05) is 17.3 Å². The summed E-state index contributed by atoms with van der Waals surface area (Å²) < 4.78 is 17.9. The molecule has 27 heavy (non-hydrogen) atoms. The molecule has 3 rings (SSSR count). The van der Waals surface area contributed by atoms with Gasteiger partial charge >= 0.3 is 0 Å². The van der Waals surface area contributed by atoms with Crippen LogP contribution in [-0.2, 0) is 4.79 Å². The number of amides is 3. The lowest BCUT2D eigenvalue weighted by atomic mass is 10.2. The van der Waals surface area contributed by atoms with Crippen LogP contribution in [0.3, 0.4) is 0 Å². The first kappa shape index (κ1) is 18.8. The number of hydrogen-bond donors (Lipinski definition) is 1. The number of aromatic nitrogens is 1. The van der Waals surface area contributed by atoms with Crippen LogP contribution < -0.4 is 5.32 Å². The van der Waals surface area contributed by atoms with Crippen LogP contribution in [-0.4, -0.2) is 40.2 Å². The summed E-state index contributed by atoms with van der Waals surface area (Å²) >= 11 is 0.809. The van der Waals surface area contributed by atoms with Crippen molar-refractivity contribution in [3.63, 3.8) is 0 Å². The third-order valence-corrected chi connectivity index (χ3v) is 4.83. The monoisotopic (exact) mass is 389 g/mol. The Morgan fingerprint density at radius 1 is 1.30 bits per heavy atom. The summed E-state index contributed by atoms with van der Waals surface area (Å²) in [7, 11) is 0. The molecule has 1 saturated heterocycles. The fraction of sp³-hybridized carbons (Fsp3) is 0.222. The summed E-state index contributed by atoms with van der Waals surface area (Å²) in [5, 5.41) is 5.95. The lowest BCUT2D eigenvalue weighted by Crippen LogP contribution is -2.37. The molecular formula is C18H16FN3O4S. The zero-order valence-corrected chi connectivity index (χ0v) is 15.4. The minimum absolute atomic E-state index is 0.0422. The average Bonchev–Trinajstić information content (AvgIpc) is 3.10. The first-order valence-electron chi connectivity index (χ1n) is 8.09. The van der Waals surface area contributed by atoms with Gasteiger partial charge < -0.3 is 9.84 Å². The number of nitrogens with one attached hydrogen (secondary N) is 1. The Hall–Kier alpha value is -2.94. The number of carbonyl (C=O) groups excluding carboxylic acids is 3. The van der Waals surface area contributed by atoms with E-state index in [4.69, 9.17) is 4.52 Å². The third-order valence-electron chi connectivity index (χ3n) is 3.92. The van der Waals surface area contributed by atoms with Gasteiger partial charge in [0.1, 0.15) is 17.1 Å². The predicted molar refractivity (Wildman–Crippen MR) is 97.4 cm³/mol. The largest absolute Gasteiger partial charge is 0.361 e. The zero-order chi connectivity index (χ0) is 19.6. The van der Waals surface area contributed by atoms with Crippen LogP contribution in [0.25, 0.3) is 6.08 Å². The van der Waals surface area contributed by atoms with Crippen molar-refractivity contribution in [1.82, 2.24) is 15.4 Å². The van der Waals surface area contributed by atoms with Crippen LogP contribution >= 0.6 is 11.8 Å². The van der Waals surface area contributed by atoms with Gasteiger partial charge in [-0.2, -0.15) is 0 Å². The van der Waals surface area contributed by atoms with Gasteiger partial charge in [0.05, 0.1) is 10.6 Å². The van der Waals surface area contributed by atoms with Gasteiger partial charge in [-0.05, 0) is 49.4 Å². The number of benzene rings is 1. The van der Waals surface area contributed by atoms with Gasteiger partial charge in [0, 0.05) is 13.1 Å². The molecule has 1 aliphatic rings. The number of aryl methyl sites for hydroxylation is 2. The zero-order valence-electron chi connectivity index (χ0n) is 14.6. The molecule has 1 aliphatic heterocycles. The van der Waals surface area contributed by atoms with E-state index in [1.54, 1.807) is 13.8 Å². The molecule has 2 heterocycles. The Bertz CT molecular complexity index is 917. The highest BCUT2D eigenvalue weighted by molar-refractivity contribution is 8.18. The van der Waals surface area contributed by atoms with E-state index in [1.807, 2.05) is 0 Å². The standard InChI is InChI=1S/C18H16FN3O4S/c1-10-15(11(2)26-21-10)16(23)20-7-8-22-17(24)14(27-18(22)25)9-12-3-5-13(19)6-4-12/h3-6,9H,7-8H2,1-2H3,(H,20,23)/b14-9-. The maximum Gasteiger partial charge on any atom is 0.293 e. The SMILES string of the molecule is Cc1noc(C)c1C(=O)NCCN1C(=O)S/C(=C\c2ccc(F)cc2)C1=O.